The lowest BCUT2D eigenvalue weighted by Gasteiger charge is -2.29. The predicted molar refractivity (Wildman–Crippen MR) is 214 cm³/mol. The van der Waals surface area contributed by atoms with Crippen molar-refractivity contribution in [3.05, 3.63) is 193 Å². The molecule has 0 saturated heterocycles. The summed E-state index contributed by atoms with van der Waals surface area (Å²) in [5.74, 6) is 0. The minimum Gasteiger partial charge on any atom is -0.192 e. The molecular weight excluding hydrogens is 642 g/mol. The largest absolute Gasteiger partial charge is 0.192 e. The fraction of sp³-hybridized carbons (Fsp3) is 0. The van der Waals surface area contributed by atoms with E-state index in [1.807, 2.05) is 12.1 Å². The summed E-state index contributed by atoms with van der Waals surface area (Å²) in [4.78, 5) is 0. The Bertz CT molecular complexity index is 2290. The van der Waals surface area contributed by atoms with Gasteiger partial charge in [0, 0.05) is 10.8 Å². The van der Waals surface area contributed by atoms with Gasteiger partial charge in [0.1, 0.15) is 0 Å². The van der Waals surface area contributed by atoms with Gasteiger partial charge in [-0.25, -0.2) is 0 Å². The highest BCUT2D eigenvalue weighted by molar-refractivity contribution is 7.80. The molecule has 0 aromatic heterocycles. The normalized spacial score (nSPS) is 11.1. The maximum absolute atomic E-state index is 10.6. The molecule has 0 unspecified atom stereocenters. The van der Waals surface area contributed by atoms with E-state index in [2.05, 4.69) is 182 Å². The fourth-order valence-electron chi connectivity index (χ4n) is 6.95. The summed E-state index contributed by atoms with van der Waals surface area (Å²) in [6.45, 7) is 0. The first-order chi connectivity index (χ1) is 24.8. The summed E-state index contributed by atoms with van der Waals surface area (Å²) in [6.07, 6.45) is 0. The van der Waals surface area contributed by atoms with Crippen molar-refractivity contribution in [3.63, 3.8) is 0 Å². The molecule has 8 aromatic carbocycles. The minimum absolute atomic E-state index is 0.659. The van der Waals surface area contributed by atoms with Crippen LogP contribution in [0.3, 0.4) is 0 Å². The smallest absolute Gasteiger partial charge is 0.0998 e. The van der Waals surface area contributed by atoms with Crippen molar-refractivity contribution in [2.24, 2.45) is 0 Å². The van der Waals surface area contributed by atoms with Crippen LogP contribution in [0.5, 0.6) is 0 Å². The van der Waals surface area contributed by atoms with Gasteiger partial charge in [-0.1, -0.05) is 170 Å². The van der Waals surface area contributed by atoms with Crippen LogP contribution in [0.1, 0.15) is 11.1 Å². The number of benzene rings is 8. The third kappa shape index (κ3) is 5.67. The molecule has 2 nitrogen and oxygen atoms in total. The molecule has 0 aliphatic heterocycles. The molecule has 0 heterocycles. The lowest BCUT2D eigenvalue weighted by molar-refractivity contribution is 1.50. The highest BCUT2D eigenvalue weighted by Crippen LogP contribution is 2.46. The van der Waals surface area contributed by atoms with Crippen LogP contribution >= 0.6 is 15.8 Å². The van der Waals surface area contributed by atoms with Crippen LogP contribution in [-0.4, -0.2) is 0 Å². The van der Waals surface area contributed by atoms with Crippen molar-refractivity contribution in [2.45, 2.75) is 0 Å². The van der Waals surface area contributed by atoms with E-state index in [0.29, 0.717) is 11.1 Å². The molecule has 0 atom stereocenters. The maximum atomic E-state index is 10.6. The standard InChI is InChI=1S/C46H30N2P2/c47-31-33-29-43(49(35-17-5-1-6-18-35)36-19-7-2-8-20-36)45(41-27-15-13-25-39(33)41)46-42-28-16-14-26-40(42)34(32-48)30-44(46)50(37-21-9-3-10-22-37)38-23-11-4-12-24-38/h1-30H. The van der Waals surface area contributed by atoms with Crippen molar-refractivity contribution in [2.75, 3.05) is 0 Å². The Morgan fingerprint density at radius 3 is 0.860 bits per heavy atom. The molecular formula is C46H30N2P2. The summed E-state index contributed by atoms with van der Waals surface area (Å²) in [5.41, 5.74) is 3.56. The molecule has 0 spiro atoms. The van der Waals surface area contributed by atoms with Crippen molar-refractivity contribution < 1.29 is 0 Å². The second-order valence-corrected chi connectivity index (χ2v) is 16.3. The molecule has 8 aromatic rings. The number of nitriles is 2. The van der Waals surface area contributed by atoms with Gasteiger partial charge in [-0.05, 0) is 81.7 Å². The van der Waals surface area contributed by atoms with Crippen LogP contribution in [-0.2, 0) is 0 Å². The van der Waals surface area contributed by atoms with E-state index in [1.54, 1.807) is 0 Å². The molecule has 0 aliphatic rings. The van der Waals surface area contributed by atoms with Crippen LogP contribution in [0.4, 0.5) is 0 Å². The molecule has 4 heteroatoms. The van der Waals surface area contributed by atoms with E-state index in [0.717, 1.165) is 43.3 Å². The Labute approximate surface area is 295 Å². The van der Waals surface area contributed by atoms with E-state index in [4.69, 9.17) is 0 Å². The zero-order valence-electron chi connectivity index (χ0n) is 27.1. The summed E-state index contributed by atoms with van der Waals surface area (Å²) in [5, 5.41) is 32.3. The first kappa shape index (κ1) is 31.4. The van der Waals surface area contributed by atoms with Gasteiger partial charge in [0.15, 0.2) is 0 Å². The zero-order chi connectivity index (χ0) is 33.9. The first-order valence-electron chi connectivity index (χ1n) is 16.5. The monoisotopic (exact) mass is 672 g/mol. The quantitative estimate of drug-likeness (QED) is 0.159. The number of hydrogen-bond acceptors (Lipinski definition) is 2. The Morgan fingerprint density at radius 2 is 0.580 bits per heavy atom. The van der Waals surface area contributed by atoms with E-state index in [-0.39, 0.29) is 0 Å². The molecule has 50 heavy (non-hydrogen) atoms. The van der Waals surface area contributed by atoms with E-state index in [9.17, 15) is 10.5 Å². The summed E-state index contributed by atoms with van der Waals surface area (Å²) >= 11 is 0. The Morgan fingerprint density at radius 1 is 0.320 bits per heavy atom. The molecule has 8 rings (SSSR count). The average Bonchev–Trinajstić information content (AvgIpc) is 3.19. The van der Waals surface area contributed by atoms with Crippen LogP contribution in [0, 0.1) is 22.7 Å². The molecule has 0 bridgehead atoms. The van der Waals surface area contributed by atoms with Crippen LogP contribution < -0.4 is 31.8 Å². The van der Waals surface area contributed by atoms with Gasteiger partial charge < -0.3 is 0 Å². The van der Waals surface area contributed by atoms with Crippen molar-refractivity contribution in [1.82, 2.24) is 0 Å². The van der Waals surface area contributed by atoms with Gasteiger partial charge in [0.05, 0.1) is 23.3 Å². The first-order valence-corrected chi connectivity index (χ1v) is 19.2. The molecule has 0 fully saturated rings. The topological polar surface area (TPSA) is 47.6 Å². The SMILES string of the molecule is N#Cc1cc(P(c2ccccc2)c2ccccc2)c(-c2c(P(c3ccccc3)c3ccccc3)cc(C#N)c3ccccc23)c2ccccc12. The van der Waals surface area contributed by atoms with Gasteiger partial charge >= 0.3 is 0 Å². The van der Waals surface area contributed by atoms with E-state index in [1.165, 1.54) is 21.2 Å². The molecule has 0 N–H and O–H groups in total. The zero-order valence-corrected chi connectivity index (χ0v) is 28.9. The van der Waals surface area contributed by atoms with Crippen LogP contribution in [0.2, 0.25) is 0 Å². The summed E-state index contributed by atoms with van der Waals surface area (Å²) < 4.78 is 0. The maximum Gasteiger partial charge on any atom is 0.0998 e. The highest BCUT2D eigenvalue weighted by Gasteiger charge is 2.30. The van der Waals surface area contributed by atoms with Crippen molar-refractivity contribution in [1.29, 1.82) is 10.5 Å². The van der Waals surface area contributed by atoms with Crippen LogP contribution in [0.15, 0.2) is 182 Å². The lowest BCUT2D eigenvalue weighted by atomic mass is 9.90. The van der Waals surface area contributed by atoms with E-state index < -0.39 is 15.8 Å². The number of rotatable bonds is 7. The third-order valence-electron chi connectivity index (χ3n) is 9.08. The highest BCUT2D eigenvalue weighted by atomic mass is 31.1. The molecule has 0 aliphatic carbocycles. The average molecular weight is 673 g/mol. The lowest BCUT2D eigenvalue weighted by Crippen LogP contribution is -2.26. The third-order valence-corrected chi connectivity index (χ3v) is 14.0. The number of hydrogen-bond donors (Lipinski definition) is 0. The fourth-order valence-corrected chi connectivity index (χ4v) is 12.0. The Balaban J connectivity index is 1.60. The Hall–Kier alpha value is -5.88. The minimum atomic E-state index is -1.10. The number of nitrogens with zero attached hydrogens (tertiary/aromatic N) is 2. The van der Waals surface area contributed by atoms with Crippen molar-refractivity contribution >= 4 is 69.2 Å². The Kier molecular flexibility index (Phi) is 8.74. The van der Waals surface area contributed by atoms with Gasteiger partial charge in [-0.2, -0.15) is 10.5 Å². The second-order valence-electron chi connectivity index (χ2n) is 12.0. The van der Waals surface area contributed by atoms with Crippen LogP contribution in [0.25, 0.3) is 32.7 Å². The van der Waals surface area contributed by atoms with E-state index >= 15 is 0 Å². The molecule has 0 radical (unpaired) electrons. The second kappa shape index (κ2) is 13.9. The molecule has 234 valence electrons. The summed E-state index contributed by atoms with van der Waals surface area (Å²) in [7, 11) is -2.20. The summed E-state index contributed by atoms with van der Waals surface area (Å²) in [6, 6.07) is 68.8. The predicted octanol–water partition coefficient (Wildman–Crippen LogP) is 8.92. The van der Waals surface area contributed by atoms with Gasteiger partial charge in [0.25, 0.3) is 0 Å². The van der Waals surface area contributed by atoms with Gasteiger partial charge in [-0.15, -0.1) is 0 Å². The van der Waals surface area contributed by atoms with Gasteiger partial charge in [-0.3, -0.25) is 0 Å². The van der Waals surface area contributed by atoms with Gasteiger partial charge in [0.2, 0.25) is 0 Å². The van der Waals surface area contributed by atoms with Crippen molar-refractivity contribution in [3.8, 4) is 23.3 Å². The number of fused-ring (bicyclic) bond motifs is 2. The molecule has 0 saturated carbocycles. The molecule has 0 amide bonds.